The van der Waals surface area contributed by atoms with Crippen LogP contribution in [0.15, 0.2) is 5.10 Å². The molecule has 0 aliphatic rings. The Kier molecular flexibility index (Phi) is 7.51. The van der Waals surface area contributed by atoms with Gasteiger partial charge in [0.2, 0.25) is 0 Å². The zero-order valence-corrected chi connectivity index (χ0v) is 11.5. The summed E-state index contributed by atoms with van der Waals surface area (Å²) in [4.78, 5) is 0. The third-order valence-electron chi connectivity index (χ3n) is 0.967. The van der Waals surface area contributed by atoms with Gasteiger partial charge >= 0.3 is 51.4 Å². The van der Waals surface area contributed by atoms with Crippen molar-refractivity contribution in [2.24, 2.45) is 10.5 Å². The largest absolute Gasteiger partial charge is 1.00 e. The van der Waals surface area contributed by atoms with E-state index in [0.717, 1.165) is 5.01 Å². The maximum Gasteiger partial charge on any atom is 1.00 e. The molecule has 0 aliphatic carbocycles. The van der Waals surface area contributed by atoms with Crippen LogP contribution >= 0.6 is 0 Å². The van der Waals surface area contributed by atoms with Gasteiger partial charge in [0.05, 0.1) is 14.1 Å². The van der Waals surface area contributed by atoms with Crippen molar-refractivity contribution in [1.82, 2.24) is 0 Å². The molecule has 0 atom stereocenters. The Morgan fingerprint density at radius 1 is 1.27 bits per heavy atom. The first-order chi connectivity index (χ1) is 4.34. The molecule has 0 saturated carbocycles. The molecule has 0 bridgehead atoms. The van der Waals surface area contributed by atoms with E-state index in [4.69, 9.17) is 0 Å². The Bertz CT molecular complexity index is 138. The number of rotatable bonds is 1. The van der Waals surface area contributed by atoms with Gasteiger partial charge in [-0.2, -0.15) is 0 Å². The van der Waals surface area contributed by atoms with Gasteiger partial charge in [0, 0.05) is 5.90 Å². The molecule has 0 amide bonds. The van der Waals surface area contributed by atoms with E-state index < -0.39 is 0 Å². The van der Waals surface area contributed by atoms with E-state index in [9.17, 15) is 5.11 Å². The molecule has 11 heavy (non-hydrogen) atoms. The van der Waals surface area contributed by atoms with Crippen LogP contribution in [0, 0.1) is 5.41 Å². The molecule has 0 unspecified atom stereocenters. The van der Waals surface area contributed by atoms with Crippen molar-refractivity contribution in [2.75, 3.05) is 14.1 Å². The fraction of sp³-hybridized carbons (Fsp3) is 0.857. The maximum absolute atomic E-state index is 11.1. The Balaban J connectivity index is 0. The van der Waals surface area contributed by atoms with Gasteiger partial charge < -0.3 is 5.11 Å². The molecular weight excluding hydrogens is 167 g/mol. The number of hydrogen-bond acceptors (Lipinski definition) is 2. The minimum Gasteiger partial charge on any atom is -0.858 e. The van der Waals surface area contributed by atoms with Crippen LogP contribution < -0.4 is 61.5 Å². The van der Waals surface area contributed by atoms with Crippen molar-refractivity contribution in [2.45, 2.75) is 20.8 Å². The summed E-state index contributed by atoms with van der Waals surface area (Å²) in [6.07, 6.45) is 0. The summed E-state index contributed by atoms with van der Waals surface area (Å²) < 4.78 is 0. The van der Waals surface area contributed by atoms with Crippen LogP contribution in [0.3, 0.4) is 0 Å². The number of nitrogens with zero attached hydrogens (tertiary/aromatic N) is 1. The van der Waals surface area contributed by atoms with Crippen molar-refractivity contribution in [3.8, 4) is 0 Å². The molecule has 0 rings (SSSR count). The van der Waals surface area contributed by atoms with Crippen LogP contribution in [-0.2, 0) is 0 Å². The molecular formula is C7H16KN2O+. The summed E-state index contributed by atoms with van der Waals surface area (Å²) in [5, 5.41) is 15.7. The van der Waals surface area contributed by atoms with Gasteiger partial charge in [-0.3, -0.25) is 0 Å². The van der Waals surface area contributed by atoms with Gasteiger partial charge in [-0.1, -0.05) is 20.8 Å². The second-order valence-corrected chi connectivity index (χ2v) is 3.61. The van der Waals surface area contributed by atoms with Crippen molar-refractivity contribution in [3.63, 3.8) is 0 Å². The predicted molar refractivity (Wildman–Crippen MR) is 39.7 cm³/mol. The zero-order chi connectivity index (χ0) is 8.36. The van der Waals surface area contributed by atoms with E-state index in [1.165, 1.54) is 0 Å². The summed E-state index contributed by atoms with van der Waals surface area (Å²) in [5.74, 6) is -0.0486. The fourth-order valence-corrected chi connectivity index (χ4v) is 0.371. The van der Waals surface area contributed by atoms with Crippen molar-refractivity contribution in [1.29, 1.82) is 0 Å². The minimum absolute atomic E-state index is 0. The Labute approximate surface area is 111 Å². The molecule has 0 heterocycles. The monoisotopic (exact) mass is 183 g/mol. The van der Waals surface area contributed by atoms with Gasteiger partial charge in [-0.25, -0.2) is 5.01 Å². The van der Waals surface area contributed by atoms with Crippen molar-refractivity contribution < 1.29 is 61.5 Å². The van der Waals surface area contributed by atoms with Gasteiger partial charge in [0.25, 0.3) is 0 Å². The zero-order valence-electron chi connectivity index (χ0n) is 8.36. The summed E-state index contributed by atoms with van der Waals surface area (Å²) in [7, 11) is 3.65. The van der Waals surface area contributed by atoms with Gasteiger partial charge in [-0.15, -0.1) is 5.10 Å². The SMILES string of the molecule is C[NH+](C)/N=C(\[O-])C(C)(C)C.[K+]. The van der Waals surface area contributed by atoms with E-state index in [2.05, 4.69) is 5.10 Å². The number of hydrogen-bond donors (Lipinski definition) is 1. The van der Waals surface area contributed by atoms with E-state index in [1.807, 2.05) is 34.9 Å². The third kappa shape index (κ3) is 7.43. The molecule has 3 nitrogen and oxygen atoms in total. The fourth-order valence-electron chi connectivity index (χ4n) is 0.371. The molecule has 0 fully saturated rings. The van der Waals surface area contributed by atoms with Crippen LogP contribution in [0.4, 0.5) is 0 Å². The van der Waals surface area contributed by atoms with Gasteiger partial charge in [-0.05, 0) is 5.41 Å². The quantitative estimate of drug-likeness (QED) is 0.191. The van der Waals surface area contributed by atoms with Crippen molar-refractivity contribution >= 4 is 5.90 Å². The Morgan fingerprint density at radius 3 is 1.73 bits per heavy atom. The Morgan fingerprint density at radius 2 is 1.64 bits per heavy atom. The second kappa shape index (κ2) is 5.67. The average molecular weight is 183 g/mol. The van der Waals surface area contributed by atoms with E-state index in [0.29, 0.717) is 0 Å². The normalized spacial score (nSPS) is 13.1. The molecule has 0 saturated heterocycles. The van der Waals surface area contributed by atoms with Crippen LogP contribution in [0.5, 0.6) is 0 Å². The smallest absolute Gasteiger partial charge is 0.858 e. The topological polar surface area (TPSA) is 39.9 Å². The first-order valence-corrected chi connectivity index (χ1v) is 3.40. The van der Waals surface area contributed by atoms with Crippen LogP contribution in [-0.4, -0.2) is 20.0 Å². The first kappa shape index (κ1) is 14.6. The predicted octanol–water partition coefficient (Wildman–Crippen LogP) is -4.15. The molecule has 1 N–H and O–H groups in total. The average Bonchev–Trinajstić information content (AvgIpc) is 1.60. The van der Waals surface area contributed by atoms with Gasteiger partial charge in [0.1, 0.15) is 0 Å². The molecule has 0 aromatic carbocycles. The van der Waals surface area contributed by atoms with E-state index in [-0.39, 0.29) is 62.7 Å². The molecule has 0 aliphatic heterocycles. The first-order valence-electron chi connectivity index (χ1n) is 3.40. The summed E-state index contributed by atoms with van der Waals surface area (Å²) in [6.45, 7) is 5.59. The summed E-state index contributed by atoms with van der Waals surface area (Å²) >= 11 is 0. The molecule has 0 radical (unpaired) electrons. The van der Waals surface area contributed by atoms with Crippen LogP contribution in [0.25, 0.3) is 0 Å². The molecule has 0 aromatic heterocycles. The standard InChI is InChI=1S/C7H16N2O.K/c1-7(2,3)6(10)8-9(4)5;/h1-5H3,(H,8,10);/q;+1. The van der Waals surface area contributed by atoms with Crippen LogP contribution in [0.1, 0.15) is 20.8 Å². The van der Waals surface area contributed by atoms with Crippen LogP contribution in [0.2, 0.25) is 0 Å². The van der Waals surface area contributed by atoms with Crippen molar-refractivity contribution in [3.05, 3.63) is 0 Å². The number of nitrogens with one attached hydrogen (secondary N) is 1. The molecule has 0 aromatic rings. The molecule has 0 spiro atoms. The molecule has 60 valence electrons. The molecule has 4 heteroatoms. The maximum atomic E-state index is 11.1. The summed E-state index contributed by atoms with van der Waals surface area (Å²) in [6, 6.07) is 0. The summed E-state index contributed by atoms with van der Waals surface area (Å²) in [5.41, 5.74) is -0.336. The Hall–Kier alpha value is 1.07. The van der Waals surface area contributed by atoms with Gasteiger partial charge in [0.15, 0.2) is 0 Å². The third-order valence-corrected chi connectivity index (χ3v) is 0.967. The number of quaternary nitrogens is 1. The van der Waals surface area contributed by atoms with E-state index in [1.54, 1.807) is 0 Å². The minimum atomic E-state index is -0.336. The van der Waals surface area contributed by atoms with E-state index >= 15 is 0 Å². The second-order valence-electron chi connectivity index (χ2n) is 3.61.